The molecule has 0 aliphatic heterocycles. The summed E-state index contributed by atoms with van der Waals surface area (Å²) in [6, 6.07) is 12.0. The Morgan fingerprint density at radius 3 is 2.69 bits per heavy atom. The molecule has 130 valence electrons. The number of aromatic amines is 2. The molecule has 0 aliphatic carbocycles. The zero-order valence-corrected chi connectivity index (χ0v) is 15.4. The lowest BCUT2D eigenvalue weighted by molar-refractivity contribution is 0.462. The largest absolute Gasteiger partial charge is 0.361 e. The van der Waals surface area contributed by atoms with E-state index < -0.39 is 5.54 Å². The van der Waals surface area contributed by atoms with Gasteiger partial charge >= 0.3 is 0 Å². The second kappa shape index (κ2) is 5.72. The molecule has 4 rings (SSSR count). The maximum atomic E-state index is 9.14. The molecule has 0 saturated heterocycles. The Kier molecular flexibility index (Phi) is 3.60. The van der Waals surface area contributed by atoms with Crippen molar-refractivity contribution in [2.24, 2.45) is 0 Å². The first kappa shape index (κ1) is 16.4. The molecule has 3 N–H and O–H groups in total. The topological polar surface area (TPSA) is 80.3 Å². The van der Waals surface area contributed by atoms with Crippen LogP contribution in [-0.2, 0) is 5.54 Å². The van der Waals surface area contributed by atoms with Gasteiger partial charge in [-0.1, -0.05) is 6.07 Å². The molecule has 0 fully saturated rings. The maximum Gasteiger partial charge on any atom is 0.132 e. The summed E-state index contributed by atoms with van der Waals surface area (Å²) in [6.45, 7) is 6.40. The second-order valence-electron chi connectivity index (χ2n) is 6.96. The molecule has 5 heteroatoms. The van der Waals surface area contributed by atoms with Gasteiger partial charge in [-0.3, -0.25) is 0 Å². The van der Waals surface area contributed by atoms with Gasteiger partial charge < -0.3 is 15.3 Å². The van der Waals surface area contributed by atoms with Crippen LogP contribution in [0.5, 0.6) is 0 Å². The Labute approximate surface area is 152 Å². The Morgan fingerprint density at radius 1 is 1.15 bits per heavy atom. The van der Waals surface area contributed by atoms with Crippen molar-refractivity contribution in [1.82, 2.24) is 20.3 Å². The van der Waals surface area contributed by atoms with Gasteiger partial charge in [0.25, 0.3) is 0 Å². The molecule has 0 amide bonds. The number of nitrogens with zero attached hydrogens (tertiary/aromatic N) is 2. The summed E-state index contributed by atoms with van der Waals surface area (Å²) in [5.74, 6) is 0.833. The number of nitriles is 1. The summed E-state index contributed by atoms with van der Waals surface area (Å²) in [4.78, 5) is 11.6. The average molecular weight is 343 g/mol. The quantitative estimate of drug-likeness (QED) is 0.526. The van der Waals surface area contributed by atoms with Crippen molar-refractivity contribution < 1.29 is 0 Å². The van der Waals surface area contributed by atoms with Crippen molar-refractivity contribution >= 4 is 21.9 Å². The summed E-state index contributed by atoms with van der Waals surface area (Å²) in [7, 11) is 1.95. The Balaban J connectivity index is 1.99. The molecule has 26 heavy (non-hydrogen) atoms. The van der Waals surface area contributed by atoms with Crippen molar-refractivity contribution in [2.75, 3.05) is 7.05 Å². The predicted molar refractivity (Wildman–Crippen MR) is 104 cm³/mol. The maximum absolute atomic E-state index is 9.14. The van der Waals surface area contributed by atoms with E-state index in [1.54, 1.807) is 6.07 Å². The van der Waals surface area contributed by atoms with Gasteiger partial charge in [0.2, 0.25) is 0 Å². The molecule has 1 atom stereocenters. The summed E-state index contributed by atoms with van der Waals surface area (Å²) >= 11 is 0. The van der Waals surface area contributed by atoms with Crippen LogP contribution in [0.4, 0.5) is 0 Å². The third kappa shape index (κ3) is 2.23. The molecule has 0 aliphatic rings. The molecule has 2 aromatic carbocycles. The Hall–Kier alpha value is -3.10. The summed E-state index contributed by atoms with van der Waals surface area (Å²) in [5, 5.41) is 13.8. The summed E-state index contributed by atoms with van der Waals surface area (Å²) in [6.07, 6.45) is 1.98. The number of benzene rings is 2. The first-order valence-corrected chi connectivity index (χ1v) is 8.65. The van der Waals surface area contributed by atoms with Crippen LogP contribution in [0, 0.1) is 25.2 Å². The fourth-order valence-corrected chi connectivity index (χ4v) is 3.93. The van der Waals surface area contributed by atoms with Crippen molar-refractivity contribution in [1.29, 1.82) is 5.26 Å². The smallest absolute Gasteiger partial charge is 0.132 e. The lowest BCUT2D eigenvalue weighted by Gasteiger charge is -2.30. The number of hydrogen-bond acceptors (Lipinski definition) is 3. The number of aryl methyl sites for hydroxylation is 2. The van der Waals surface area contributed by atoms with Gasteiger partial charge in [-0.05, 0) is 68.8 Å². The Morgan fingerprint density at radius 2 is 1.96 bits per heavy atom. The normalized spacial score (nSPS) is 13.8. The van der Waals surface area contributed by atoms with Crippen molar-refractivity contribution in [2.45, 2.75) is 26.3 Å². The number of nitrogens with one attached hydrogen (secondary N) is 3. The molecule has 0 spiro atoms. The minimum atomic E-state index is -0.496. The first-order chi connectivity index (χ1) is 12.5. The van der Waals surface area contributed by atoms with Gasteiger partial charge in [0.05, 0.1) is 22.7 Å². The predicted octanol–water partition coefficient (Wildman–Crippen LogP) is 4.02. The Bertz CT molecular complexity index is 1170. The minimum absolute atomic E-state index is 0.496. The zero-order valence-electron chi connectivity index (χ0n) is 15.4. The molecule has 0 bridgehead atoms. The van der Waals surface area contributed by atoms with Gasteiger partial charge in [0, 0.05) is 17.1 Å². The molecule has 2 heterocycles. The highest BCUT2D eigenvalue weighted by Crippen LogP contribution is 2.37. The van der Waals surface area contributed by atoms with Gasteiger partial charge in [0.15, 0.2) is 0 Å². The molecule has 5 nitrogen and oxygen atoms in total. The minimum Gasteiger partial charge on any atom is -0.361 e. The van der Waals surface area contributed by atoms with Crippen LogP contribution in [0.15, 0.2) is 36.5 Å². The summed E-state index contributed by atoms with van der Waals surface area (Å²) in [5.41, 5.74) is 6.64. The zero-order chi connectivity index (χ0) is 18.5. The fraction of sp³-hybridized carbons (Fsp3) is 0.238. The van der Waals surface area contributed by atoms with Gasteiger partial charge in [-0.25, -0.2) is 4.98 Å². The highest BCUT2D eigenvalue weighted by atomic mass is 15.1. The van der Waals surface area contributed by atoms with Crippen LogP contribution in [0.3, 0.4) is 0 Å². The summed E-state index contributed by atoms with van der Waals surface area (Å²) < 4.78 is 0. The monoisotopic (exact) mass is 343 g/mol. The standard InChI is InChI=1S/C21H21N5/c1-12-9-13(2)19-15(7-8-24-19)18(12)21(3,23-4)20-25-16-6-5-14(11-22)10-17(16)26-20/h5-10,23-24H,1-4H3,(H,25,26). The third-order valence-corrected chi connectivity index (χ3v) is 5.32. The van der Waals surface area contributed by atoms with Crippen molar-refractivity contribution in [3.05, 3.63) is 64.6 Å². The van der Waals surface area contributed by atoms with Crippen LogP contribution < -0.4 is 5.32 Å². The van der Waals surface area contributed by atoms with Gasteiger partial charge in [0.1, 0.15) is 11.4 Å². The fourth-order valence-electron chi connectivity index (χ4n) is 3.93. The third-order valence-electron chi connectivity index (χ3n) is 5.32. The molecule has 0 radical (unpaired) electrons. The van der Waals surface area contributed by atoms with E-state index in [1.807, 2.05) is 25.4 Å². The first-order valence-electron chi connectivity index (χ1n) is 8.65. The van der Waals surface area contributed by atoms with E-state index >= 15 is 0 Å². The highest BCUT2D eigenvalue weighted by Gasteiger charge is 2.34. The van der Waals surface area contributed by atoms with E-state index in [0.717, 1.165) is 22.4 Å². The van der Waals surface area contributed by atoms with Crippen LogP contribution in [-0.4, -0.2) is 22.0 Å². The molecule has 0 saturated carbocycles. The van der Waals surface area contributed by atoms with Crippen LogP contribution in [0.1, 0.15) is 35.0 Å². The number of aromatic nitrogens is 3. The van der Waals surface area contributed by atoms with Crippen LogP contribution in [0.2, 0.25) is 0 Å². The van der Waals surface area contributed by atoms with E-state index in [4.69, 9.17) is 10.2 Å². The second-order valence-corrected chi connectivity index (χ2v) is 6.96. The van der Waals surface area contributed by atoms with Crippen LogP contribution in [0.25, 0.3) is 21.9 Å². The lowest BCUT2D eigenvalue weighted by atomic mass is 9.84. The molecule has 2 aromatic heterocycles. The van der Waals surface area contributed by atoms with Crippen molar-refractivity contribution in [3.63, 3.8) is 0 Å². The highest BCUT2D eigenvalue weighted by molar-refractivity contribution is 5.88. The van der Waals surface area contributed by atoms with E-state index in [-0.39, 0.29) is 0 Å². The van der Waals surface area contributed by atoms with E-state index in [2.05, 4.69) is 54.3 Å². The number of imidazole rings is 1. The van der Waals surface area contributed by atoms with Crippen LogP contribution >= 0.6 is 0 Å². The lowest BCUT2D eigenvalue weighted by Crippen LogP contribution is -2.40. The van der Waals surface area contributed by atoms with Gasteiger partial charge in [-0.15, -0.1) is 0 Å². The van der Waals surface area contributed by atoms with E-state index in [0.29, 0.717) is 5.56 Å². The molecule has 4 aromatic rings. The average Bonchev–Trinajstić information content (AvgIpc) is 3.27. The number of fused-ring (bicyclic) bond motifs is 2. The van der Waals surface area contributed by atoms with Gasteiger partial charge in [-0.2, -0.15) is 5.26 Å². The molecule has 1 unspecified atom stereocenters. The molecular weight excluding hydrogens is 322 g/mol. The van der Waals surface area contributed by atoms with E-state index in [1.165, 1.54) is 22.1 Å². The number of rotatable bonds is 3. The number of hydrogen-bond donors (Lipinski definition) is 3. The number of H-pyrrole nitrogens is 2. The SMILES string of the molecule is CNC(C)(c1nc2ccc(C#N)cc2[nH]1)c1c(C)cc(C)c2[nH]ccc12. The van der Waals surface area contributed by atoms with Crippen molar-refractivity contribution in [3.8, 4) is 6.07 Å². The molecular formula is C21H21N5. The van der Waals surface area contributed by atoms with E-state index in [9.17, 15) is 0 Å².